The lowest BCUT2D eigenvalue weighted by Gasteiger charge is -2.58. The number of nitrogen functional groups attached to an aromatic ring is 1. The van der Waals surface area contributed by atoms with Crippen molar-refractivity contribution in [3.8, 4) is 22.4 Å². The summed E-state index contributed by atoms with van der Waals surface area (Å²) in [5.41, 5.74) is 12.3. The van der Waals surface area contributed by atoms with E-state index < -0.39 is 11.7 Å². The summed E-state index contributed by atoms with van der Waals surface area (Å²) in [5.74, 6) is 0.173. The number of fused-ring (bicyclic) bond motifs is 2. The van der Waals surface area contributed by atoms with Gasteiger partial charge in [-0.05, 0) is 77.6 Å². The van der Waals surface area contributed by atoms with Crippen molar-refractivity contribution in [3.63, 3.8) is 0 Å². The molecule has 0 unspecified atom stereocenters. The fourth-order valence-corrected chi connectivity index (χ4v) is 7.88. The maximum atomic E-state index is 13.2. The number of anilines is 1. The molecule has 2 aromatic carbocycles. The van der Waals surface area contributed by atoms with Crippen molar-refractivity contribution < 1.29 is 23.8 Å². The van der Waals surface area contributed by atoms with Crippen molar-refractivity contribution in [2.75, 3.05) is 39.1 Å². The van der Waals surface area contributed by atoms with Gasteiger partial charge in [0, 0.05) is 59.6 Å². The van der Waals surface area contributed by atoms with Crippen LogP contribution in [0.15, 0.2) is 30.5 Å². The molecule has 13 nitrogen and oxygen atoms in total. The van der Waals surface area contributed by atoms with Gasteiger partial charge in [-0.2, -0.15) is 14.9 Å². The summed E-state index contributed by atoms with van der Waals surface area (Å²) in [5, 5.41) is 16.5. The van der Waals surface area contributed by atoms with E-state index in [9.17, 15) is 9.59 Å². The zero-order valence-corrected chi connectivity index (χ0v) is 31.7. The Morgan fingerprint density at radius 1 is 1.04 bits per heavy atom. The van der Waals surface area contributed by atoms with E-state index in [0.29, 0.717) is 47.7 Å². The average Bonchev–Trinajstić information content (AvgIpc) is 3.71. The minimum absolute atomic E-state index is 0.0357. The number of rotatable bonds is 9. The van der Waals surface area contributed by atoms with Crippen LogP contribution in [0.4, 0.5) is 15.4 Å². The van der Waals surface area contributed by atoms with Gasteiger partial charge in [0.15, 0.2) is 5.82 Å². The molecule has 2 N–H and O–H groups in total. The van der Waals surface area contributed by atoms with E-state index in [1.165, 1.54) is 4.68 Å². The van der Waals surface area contributed by atoms with Gasteiger partial charge >= 0.3 is 12.2 Å². The summed E-state index contributed by atoms with van der Waals surface area (Å²) in [6.07, 6.45) is 4.53. The summed E-state index contributed by atoms with van der Waals surface area (Å²) in [6.45, 7) is 14.4. The van der Waals surface area contributed by atoms with E-state index in [-0.39, 0.29) is 30.0 Å². The highest BCUT2D eigenvalue weighted by atomic mass is 35.5. The van der Waals surface area contributed by atoms with Crippen LogP contribution >= 0.6 is 11.6 Å². The van der Waals surface area contributed by atoms with Crippen molar-refractivity contribution in [3.05, 3.63) is 46.7 Å². The number of carbonyl (C=O) groups excluding carboxylic acids is 2. The Labute approximate surface area is 307 Å². The molecule has 52 heavy (non-hydrogen) atoms. The fourth-order valence-electron chi connectivity index (χ4n) is 7.64. The van der Waals surface area contributed by atoms with Gasteiger partial charge in [-0.25, -0.2) is 9.59 Å². The maximum Gasteiger partial charge on any atom is 0.435 e. The lowest BCUT2D eigenvalue weighted by atomic mass is 9.61. The molecule has 1 amide bonds. The predicted octanol–water partition coefficient (Wildman–Crippen LogP) is 7.77. The Hall–Kier alpha value is -4.62. The van der Waals surface area contributed by atoms with Crippen molar-refractivity contribution in [2.24, 2.45) is 5.41 Å². The molecule has 14 heteroatoms. The third-order valence-corrected chi connectivity index (χ3v) is 10.6. The van der Waals surface area contributed by atoms with E-state index in [0.717, 1.165) is 64.7 Å². The van der Waals surface area contributed by atoms with E-state index in [2.05, 4.69) is 22.8 Å². The molecule has 0 radical (unpaired) electrons. The van der Waals surface area contributed by atoms with Gasteiger partial charge in [-0.3, -0.25) is 9.36 Å². The number of carbonyl (C=O) groups is 2. The Bertz CT molecular complexity index is 2180. The minimum Gasteiger partial charge on any atom is -0.448 e. The van der Waals surface area contributed by atoms with E-state index in [1.807, 2.05) is 63.7 Å². The predicted molar refractivity (Wildman–Crippen MR) is 201 cm³/mol. The van der Waals surface area contributed by atoms with Crippen molar-refractivity contribution >= 4 is 51.4 Å². The molecule has 4 heterocycles. The second-order valence-corrected chi connectivity index (χ2v) is 15.7. The lowest BCUT2D eigenvalue weighted by molar-refractivity contribution is -0.0930. The second-order valence-electron chi connectivity index (χ2n) is 15.4. The van der Waals surface area contributed by atoms with Crippen molar-refractivity contribution in [1.82, 2.24) is 34.2 Å². The van der Waals surface area contributed by atoms with Crippen LogP contribution in [0.3, 0.4) is 0 Å². The minimum atomic E-state index is -0.591. The van der Waals surface area contributed by atoms with Crippen LogP contribution in [-0.2, 0) is 20.8 Å². The van der Waals surface area contributed by atoms with Crippen molar-refractivity contribution in [2.45, 2.75) is 85.4 Å². The Balaban J connectivity index is 1.31. The average molecular weight is 731 g/mol. The van der Waals surface area contributed by atoms with Gasteiger partial charge in [0.1, 0.15) is 11.3 Å². The Morgan fingerprint density at radius 2 is 1.79 bits per heavy atom. The molecule has 0 bridgehead atoms. The molecular formula is C38H47ClN8O5. The van der Waals surface area contributed by atoms with Crippen LogP contribution in [-0.4, -0.2) is 85.4 Å². The van der Waals surface area contributed by atoms with Crippen LogP contribution < -0.4 is 5.73 Å². The molecule has 276 valence electrons. The number of aryl methyl sites for hydroxylation is 1. The number of ether oxygens (including phenoxy) is 3. The number of hydrogen-bond donors (Lipinski definition) is 1. The van der Waals surface area contributed by atoms with Gasteiger partial charge in [-0.15, -0.1) is 5.10 Å². The molecule has 3 aromatic heterocycles. The molecule has 2 aliphatic rings. The Kier molecular flexibility index (Phi) is 9.23. The molecule has 1 saturated heterocycles. The van der Waals surface area contributed by atoms with Gasteiger partial charge in [-0.1, -0.05) is 31.0 Å². The monoisotopic (exact) mass is 730 g/mol. The molecule has 1 saturated carbocycles. The zero-order chi connectivity index (χ0) is 37.1. The topological polar surface area (TPSA) is 145 Å². The second kappa shape index (κ2) is 13.4. The molecule has 5 aromatic rings. The quantitative estimate of drug-likeness (QED) is 0.150. The van der Waals surface area contributed by atoms with Crippen LogP contribution in [0.2, 0.25) is 5.02 Å². The number of amides is 1. The smallest absolute Gasteiger partial charge is 0.435 e. The van der Waals surface area contributed by atoms with Crippen LogP contribution in [0, 0.1) is 19.3 Å². The summed E-state index contributed by atoms with van der Waals surface area (Å²) >= 11 is 7.23. The first-order chi connectivity index (χ1) is 24.7. The number of benzene rings is 2. The van der Waals surface area contributed by atoms with Gasteiger partial charge < -0.3 is 24.8 Å². The third-order valence-electron chi connectivity index (χ3n) is 10.2. The first-order valence-electron chi connectivity index (χ1n) is 17.9. The summed E-state index contributed by atoms with van der Waals surface area (Å²) in [7, 11) is 1.67. The van der Waals surface area contributed by atoms with Crippen molar-refractivity contribution in [1.29, 1.82) is 0 Å². The van der Waals surface area contributed by atoms with Gasteiger partial charge in [0.05, 0.1) is 47.2 Å². The molecular weight excluding hydrogens is 684 g/mol. The van der Waals surface area contributed by atoms with Crippen LogP contribution in [0.5, 0.6) is 0 Å². The Morgan fingerprint density at radius 3 is 2.48 bits per heavy atom. The number of nitrogens with zero attached hydrogens (tertiary/aromatic N) is 7. The van der Waals surface area contributed by atoms with Crippen LogP contribution in [0.1, 0.15) is 70.7 Å². The largest absolute Gasteiger partial charge is 0.448 e. The molecule has 2 fully saturated rings. The number of likely N-dealkylation sites (tertiary alicyclic amines) is 1. The summed E-state index contributed by atoms with van der Waals surface area (Å²) in [6, 6.07) is 8.05. The standard InChI is InChI=1S/C38H47ClN8O5/c1-8-9-13-51-36(49)47-28-15-22(2)32(39)31(30(28)34(40)43-47)29-23(3)46(26-17-38(18-26)20-44(21-38)35(48)52-37(4,5)6)42-33(29)24-10-11-27-25(16-24)19-45(41-27)12-14-50-7/h10-11,15-16,19,26H,8-9,12-14,17-18,20-21H2,1-7H3,(H2,40,43). The van der Waals surface area contributed by atoms with E-state index >= 15 is 0 Å². The fraction of sp³-hybridized carbons (Fsp3) is 0.500. The van der Waals surface area contributed by atoms with Crippen LogP contribution in [0.25, 0.3) is 44.2 Å². The molecule has 1 spiro atoms. The molecule has 7 rings (SSSR count). The highest BCUT2D eigenvalue weighted by Gasteiger charge is 2.55. The first-order valence-corrected chi connectivity index (χ1v) is 18.3. The third kappa shape index (κ3) is 6.38. The summed E-state index contributed by atoms with van der Waals surface area (Å²) < 4.78 is 21.6. The normalized spacial score (nSPS) is 15.7. The number of nitrogens with two attached hydrogens (primary N) is 1. The zero-order valence-electron chi connectivity index (χ0n) is 31.0. The number of unbranched alkanes of at least 4 members (excludes halogenated alkanes) is 1. The van der Waals surface area contributed by atoms with E-state index in [4.69, 9.17) is 41.7 Å². The van der Waals surface area contributed by atoms with E-state index in [1.54, 1.807) is 12.0 Å². The van der Waals surface area contributed by atoms with Gasteiger partial charge in [0.25, 0.3) is 0 Å². The molecule has 0 atom stereocenters. The number of halogens is 1. The highest BCUT2D eigenvalue weighted by Crippen LogP contribution is 2.56. The highest BCUT2D eigenvalue weighted by molar-refractivity contribution is 6.36. The van der Waals surface area contributed by atoms with Gasteiger partial charge in [0.2, 0.25) is 0 Å². The number of hydrogen-bond acceptors (Lipinski definition) is 9. The summed E-state index contributed by atoms with van der Waals surface area (Å²) in [4.78, 5) is 27.7. The number of aromatic nitrogens is 6. The maximum absolute atomic E-state index is 13.2. The SMILES string of the molecule is CCCCOC(=O)n1nc(N)c2c(-c3c(-c4ccc5nn(CCOC)cc5c4)nn(C4CC5(C4)CN(C(=O)OC(C)(C)C)C5)c3C)c(Cl)c(C)cc21. The molecule has 1 aliphatic carbocycles. The lowest BCUT2D eigenvalue weighted by Crippen LogP contribution is -2.64. The first kappa shape index (κ1) is 35.8. The number of methoxy groups -OCH3 is 1. The molecule has 1 aliphatic heterocycles.